The van der Waals surface area contributed by atoms with Gasteiger partial charge in [-0.25, -0.2) is 8.42 Å². The van der Waals surface area contributed by atoms with E-state index in [1.54, 1.807) is 24.3 Å². The third-order valence-corrected chi connectivity index (χ3v) is 8.26. The van der Waals surface area contributed by atoms with Crippen molar-refractivity contribution in [3.05, 3.63) is 59.2 Å². The number of sulfonamides is 1. The number of fused-ring (bicyclic) bond motifs is 1. The highest BCUT2D eigenvalue weighted by Crippen LogP contribution is 2.29. The highest BCUT2D eigenvalue weighted by Gasteiger charge is 2.32. The largest absolute Gasteiger partial charge is 0.368 e. The average Bonchev–Trinajstić information content (AvgIpc) is 3.31. The molecule has 0 unspecified atom stereocenters. The van der Waals surface area contributed by atoms with Crippen LogP contribution in [0, 0.1) is 5.92 Å². The fourth-order valence-electron chi connectivity index (χ4n) is 4.43. The van der Waals surface area contributed by atoms with Gasteiger partial charge in [-0.2, -0.15) is 4.31 Å². The summed E-state index contributed by atoms with van der Waals surface area (Å²) in [6.45, 7) is 0.325. The lowest BCUT2D eigenvalue weighted by molar-refractivity contribution is -0.121. The van der Waals surface area contributed by atoms with Crippen molar-refractivity contribution >= 4 is 33.4 Å². The maximum absolute atomic E-state index is 13.1. The van der Waals surface area contributed by atoms with Crippen molar-refractivity contribution in [2.75, 3.05) is 25.0 Å². The molecule has 1 fully saturated rings. The second-order valence-electron chi connectivity index (χ2n) is 8.68. The molecule has 1 aliphatic heterocycles. The lowest BCUT2D eigenvalue weighted by Gasteiger charge is -2.30. The Bertz CT molecular complexity index is 1200. The van der Waals surface area contributed by atoms with Crippen LogP contribution in [0.4, 0.5) is 5.69 Å². The Morgan fingerprint density at radius 2 is 1.65 bits per heavy atom. The number of hydrogen-bond donors (Lipinski definition) is 3. The number of carbonyl (C=O) groups is 3. The quantitative estimate of drug-likeness (QED) is 0.546. The van der Waals surface area contributed by atoms with Gasteiger partial charge in [0.25, 0.3) is 5.91 Å². The number of benzene rings is 2. The number of aryl methyl sites for hydroxylation is 2. The number of rotatable bonds is 7. The summed E-state index contributed by atoms with van der Waals surface area (Å²) in [5.41, 5.74) is 8.23. The molecule has 0 bridgehead atoms. The van der Waals surface area contributed by atoms with Gasteiger partial charge in [-0.3, -0.25) is 14.4 Å². The van der Waals surface area contributed by atoms with Gasteiger partial charge in [0.1, 0.15) is 0 Å². The first-order chi connectivity index (χ1) is 16.2. The van der Waals surface area contributed by atoms with E-state index in [1.807, 2.05) is 6.07 Å². The minimum absolute atomic E-state index is 0.180. The summed E-state index contributed by atoms with van der Waals surface area (Å²) in [6.07, 6.45) is 3.85. The molecule has 2 aromatic rings. The second kappa shape index (κ2) is 9.94. The number of primary amides is 1. The SMILES string of the molecule is NC(=O)CNC(=O)c1ccc(NC(=O)C2CCN(S(=O)(=O)c3ccc4c(c3)CCC4)CC2)cc1. The van der Waals surface area contributed by atoms with Crippen molar-refractivity contribution < 1.29 is 22.8 Å². The van der Waals surface area contributed by atoms with Gasteiger partial charge in [-0.15, -0.1) is 0 Å². The normalized spacial score (nSPS) is 16.6. The molecule has 1 saturated heterocycles. The van der Waals surface area contributed by atoms with Gasteiger partial charge in [-0.05, 0) is 79.6 Å². The Labute approximate surface area is 198 Å². The highest BCUT2D eigenvalue weighted by molar-refractivity contribution is 7.89. The Hall–Kier alpha value is -3.24. The lowest BCUT2D eigenvalue weighted by atomic mass is 9.97. The highest BCUT2D eigenvalue weighted by atomic mass is 32.2. The van der Waals surface area contributed by atoms with Crippen LogP contribution in [0.2, 0.25) is 0 Å². The molecule has 0 aromatic heterocycles. The van der Waals surface area contributed by atoms with Gasteiger partial charge in [-0.1, -0.05) is 6.07 Å². The van der Waals surface area contributed by atoms with Crippen LogP contribution < -0.4 is 16.4 Å². The predicted octanol–water partition coefficient (Wildman–Crippen LogP) is 1.43. The van der Waals surface area contributed by atoms with Crippen LogP contribution in [0.3, 0.4) is 0 Å². The van der Waals surface area contributed by atoms with Crippen LogP contribution in [0.25, 0.3) is 0 Å². The molecule has 3 amide bonds. The van der Waals surface area contributed by atoms with E-state index in [0.717, 1.165) is 24.8 Å². The van der Waals surface area contributed by atoms with Crippen LogP contribution in [0.15, 0.2) is 47.4 Å². The summed E-state index contributed by atoms with van der Waals surface area (Å²) in [7, 11) is -3.58. The van der Waals surface area contributed by atoms with E-state index in [4.69, 9.17) is 5.73 Å². The molecule has 180 valence electrons. The zero-order valence-corrected chi connectivity index (χ0v) is 19.6. The fourth-order valence-corrected chi connectivity index (χ4v) is 5.96. The molecule has 0 saturated carbocycles. The first-order valence-corrected chi connectivity index (χ1v) is 12.8. The summed E-state index contributed by atoms with van der Waals surface area (Å²) in [5.74, 6) is -1.55. The van der Waals surface area contributed by atoms with E-state index in [1.165, 1.54) is 22.0 Å². The predicted molar refractivity (Wildman–Crippen MR) is 127 cm³/mol. The summed E-state index contributed by atoms with van der Waals surface area (Å²) in [6, 6.07) is 11.7. The number of nitrogens with two attached hydrogens (primary N) is 1. The van der Waals surface area contributed by atoms with Gasteiger partial charge < -0.3 is 16.4 Å². The Balaban J connectivity index is 1.31. The van der Waals surface area contributed by atoms with Gasteiger partial charge in [0.15, 0.2) is 0 Å². The number of carbonyl (C=O) groups excluding carboxylic acids is 3. The standard InChI is InChI=1S/C24H28N4O5S/c25-22(29)15-26-23(30)17-4-7-20(8-5-17)27-24(31)18-10-12-28(13-11-18)34(32,33)21-9-6-16-2-1-3-19(16)14-21/h4-9,14,18H,1-3,10-13,15H2,(H2,25,29)(H,26,30)(H,27,31). The molecule has 0 atom stereocenters. The van der Waals surface area contributed by atoms with Gasteiger partial charge in [0, 0.05) is 30.3 Å². The molecule has 4 N–H and O–H groups in total. The number of hydrogen-bond acceptors (Lipinski definition) is 5. The second-order valence-corrected chi connectivity index (χ2v) is 10.6. The molecular weight excluding hydrogens is 456 g/mol. The molecule has 2 aliphatic rings. The van der Waals surface area contributed by atoms with Crippen LogP contribution in [0.1, 0.15) is 40.7 Å². The molecule has 2 aromatic carbocycles. The summed E-state index contributed by atoms with van der Waals surface area (Å²) in [4.78, 5) is 35.7. The number of amides is 3. The van der Waals surface area contributed by atoms with E-state index in [-0.39, 0.29) is 31.5 Å². The number of nitrogens with zero attached hydrogens (tertiary/aromatic N) is 1. The van der Waals surface area contributed by atoms with Crippen molar-refractivity contribution in [2.24, 2.45) is 11.7 Å². The van der Waals surface area contributed by atoms with Crippen molar-refractivity contribution in [1.82, 2.24) is 9.62 Å². The van der Waals surface area contributed by atoms with E-state index in [0.29, 0.717) is 29.0 Å². The maximum atomic E-state index is 13.1. The third-order valence-electron chi connectivity index (χ3n) is 6.37. The Morgan fingerprint density at radius 1 is 0.971 bits per heavy atom. The molecule has 0 radical (unpaired) electrons. The average molecular weight is 485 g/mol. The van der Waals surface area contributed by atoms with Crippen LogP contribution in [0.5, 0.6) is 0 Å². The fraction of sp³-hybridized carbons (Fsp3) is 0.375. The number of nitrogens with one attached hydrogen (secondary N) is 2. The Kier molecular flexibility index (Phi) is 6.99. The third kappa shape index (κ3) is 5.28. The van der Waals surface area contributed by atoms with E-state index < -0.39 is 21.8 Å². The first kappa shape index (κ1) is 23.9. The zero-order chi connectivity index (χ0) is 24.3. The van der Waals surface area contributed by atoms with Crippen molar-refractivity contribution in [2.45, 2.75) is 37.0 Å². The molecule has 9 nitrogen and oxygen atoms in total. The molecular formula is C24H28N4O5S. The minimum Gasteiger partial charge on any atom is -0.368 e. The molecule has 34 heavy (non-hydrogen) atoms. The van der Waals surface area contributed by atoms with Crippen molar-refractivity contribution in [3.63, 3.8) is 0 Å². The molecule has 4 rings (SSSR count). The molecule has 0 spiro atoms. The van der Waals surface area contributed by atoms with Gasteiger partial charge >= 0.3 is 0 Å². The van der Waals surface area contributed by atoms with Gasteiger partial charge in [0.2, 0.25) is 21.8 Å². The van der Waals surface area contributed by atoms with Crippen LogP contribution in [-0.2, 0) is 32.5 Å². The maximum Gasteiger partial charge on any atom is 0.251 e. The summed E-state index contributed by atoms with van der Waals surface area (Å²) < 4.78 is 27.7. The van der Waals surface area contributed by atoms with Crippen LogP contribution in [-0.4, -0.2) is 50.1 Å². The summed E-state index contributed by atoms with van der Waals surface area (Å²) in [5, 5.41) is 5.22. The summed E-state index contributed by atoms with van der Waals surface area (Å²) >= 11 is 0. The van der Waals surface area contributed by atoms with Crippen LogP contribution >= 0.6 is 0 Å². The molecule has 10 heteroatoms. The molecule has 1 aliphatic carbocycles. The van der Waals surface area contributed by atoms with E-state index in [2.05, 4.69) is 10.6 Å². The first-order valence-electron chi connectivity index (χ1n) is 11.3. The molecule has 1 heterocycles. The number of anilines is 1. The minimum atomic E-state index is -3.58. The van der Waals surface area contributed by atoms with E-state index >= 15 is 0 Å². The van der Waals surface area contributed by atoms with Gasteiger partial charge in [0.05, 0.1) is 11.4 Å². The topological polar surface area (TPSA) is 139 Å². The van der Waals surface area contributed by atoms with Crippen molar-refractivity contribution in [3.8, 4) is 0 Å². The smallest absolute Gasteiger partial charge is 0.251 e. The lowest BCUT2D eigenvalue weighted by Crippen LogP contribution is -2.41. The van der Waals surface area contributed by atoms with E-state index in [9.17, 15) is 22.8 Å². The Morgan fingerprint density at radius 3 is 2.32 bits per heavy atom. The number of piperidine rings is 1. The van der Waals surface area contributed by atoms with Crippen molar-refractivity contribution in [1.29, 1.82) is 0 Å². The zero-order valence-electron chi connectivity index (χ0n) is 18.7. The monoisotopic (exact) mass is 484 g/mol.